The molecule has 0 spiro atoms. The van der Waals surface area contributed by atoms with E-state index in [4.69, 9.17) is 11.6 Å². The van der Waals surface area contributed by atoms with Gasteiger partial charge in [0.1, 0.15) is 5.82 Å². The van der Waals surface area contributed by atoms with Gasteiger partial charge in [-0.25, -0.2) is 0 Å². The quantitative estimate of drug-likeness (QED) is 0.518. The van der Waals surface area contributed by atoms with Gasteiger partial charge in [-0.05, 0) is 42.2 Å². The van der Waals surface area contributed by atoms with Crippen LogP contribution in [0.5, 0.6) is 5.88 Å². The zero-order chi connectivity index (χ0) is 19.1. The number of fused-ring (bicyclic) bond motifs is 2. The van der Waals surface area contributed by atoms with Crippen molar-refractivity contribution in [3.8, 4) is 5.88 Å². The zero-order valence-corrected chi connectivity index (χ0v) is 16.9. The molecule has 2 N–H and O–H groups in total. The molecule has 0 aliphatic carbocycles. The summed E-state index contributed by atoms with van der Waals surface area (Å²) in [5.74, 6) is 1.37. The molecule has 28 heavy (non-hydrogen) atoms. The van der Waals surface area contributed by atoms with E-state index in [2.05, 4.69) is 43.4 Å². The maximum atomic E-state index is 10.3. The van der Waals surface area contributed by atoms with Crippen molar-refractivity contribution in [2.24, 2.45) is 0 Å². The Bertz CT molecular complexity index is 1130. The molecule has 0 saturated carbocycles. The molecule has 1 aliphatic rings. The molecule has 1 aliphatic heterocycles. The van der Waals surface area contributed by atoms with Gasteiger partial charge in [0.25, 0.3) is 0 Å². The number of nitrogens with zero attached hydrogens (tertiary/aromatic N) is 3. The van der Waals surface area contributed by atoms with Crippen LogP contribution in [0, 0.1) is 0 Å². The molecule has 0 bridgehead atoms. The Labute approximate surface area is 172 Å². The predicted octanol–water partition coefficient (Wildman–Crippen LogP) is 4.50. The first-order valence-electron chi connectivity index (χ1n) is 9.50. The Balaban J connectivity index is 1.24. The maximum absolute atomic E-state index is 10.3. The van der Waals surface area contributed by atoms with Crippen LogP contribution in [0.4, 0.5) is 5.82 Å². The number of aromatic hydroxyl groups is 1. The minimum Gasteiger partial charge on any atom is -0.494 e. The van der Waals surface area contributed by atoms with Gasteiger partial charge in [-0.15, -0.1) is 0 Å². The summed E-state index contributed by atoms with van der Waals surface area (Å²) in [6, 6.07) is 14.1. The molecule has 7 heteroatoms. The average Bonchev–Trinajstić information content (AvgIpc) is 3.27. The molecule has 2 aromatic heterocycles. The highest BCUT2D eigenvalue weighted by Gasteiger charge is 2.21. The van der Waals surface area contributed by atoms with E-state index in [9.17, 15) is 5.11 Å². The Hall–Kier alpha value is -2.28. The van der Waals surface area contributed by atoms with Gasteiger partial charge in [-0.2, -0.15) is 4.37 Å². The molecular formula is C21H21ClN4OS. The monoisotopic (exact) mass is 412 g/mol. The number of nitrogens with one attached hydrogen (secondary N) is 1. The minimum atomic E-state index is 0.254. The first kappa shape index (κ1) is 17.8. The summed E-state index contributed by atoms with van der Waals surface area (Å²) in [6.45, 7) is 4.88. The molecule has 0 unspecified atom stereocenters. The molecule has 3 heterocycles. The van der Waals surface area contributed by atoms with Gasteiger partial charge in [0.15, 0.2) is 5.88 Å². The van der Waals surface area contributed by atoms with Crippen LogP contribution in [-0.2, 0) is 6.42 Å². The molecule has 1 fully saturated rings. The standard InChI is InChI=1S/C21H21ClN4OS/c22-14-5-6-15-16(21(27)23-18(15)13-14)7-8-25-9-11-26(12-10-25)20-17-3-1-2-4-19(17)28-24-20/h1-6,13,23,27H,7-12H2. The minimum absolute atomic E-state index is 0.254. The van der Waals surface area contributed by atoms with Crippen molar-refractivity contribution in [3.63, 3.8) is 0 Å². The normalized spacial score (nSPS) is 15.7. The van der Waals surface area contributed by atoms with Crippen LogP contribution in [0.15, 0.2) is 42.5 Å². The van der Waals surface area contributed by atoms with E-state index in [1.54, 1.807) is 11.5 Å². The average molecular weight is 413 g/mol. The van der Waals surface area contributed by atoms with Gasteiger partial charge in [0.2, 0.25) is 0 Å². The molecule has 4 aromatic rings. The number of aromatic amines is 1. The van der Waals surface area contributed by atoms with Crippen molar-refractivity contribution >= 4 is 49.9 Å². The third-order valence-electron chi connectivity index (χ3n) is 5.55. The summed E-state index contributed by atoms with van der Waals surface area (Å²) < 4.78 is 5.93. The van der Waals surface area contributed by atoms with E-state index >= 15 is 0 Å². The van der Waals surface area contributed by atoms with Gasteiger partial charge in [-0.1, -0.05) is 29.8 Å². The molecule has 0 radical (unpaired) electrons. The number of rotatable bonds is 4. The fourth-order valence-corrected chi connectivity index (χ4v) is 4.99. The summed E-state index contributed by atoms with van der Waals surface area (Å²) in [4.78, 5) is 7.88. The van der Waals surface area contributed by atoms with E-state index in [0.717, 1.165) is 61.4 Å². The number of benzene rings is 2. The van der Waals surface area contributed by atoms with Crippen molar-refractivity contribution in [2.75, 3.05) is 37.6 Å². The van der Waals surface area contributed by atoms with Gasteiger partial charge >= 0.3 is 0 Å². The SMILES string of the molecule is Oc1[nH]c2cc(Cl)ccc2c1CCN1CCN(c2nsc3ccccc23)CC1. The lowest BCUT2D eigenvalue weighted by Crippen LogP contribution is -2.47. The molecule has 2 aromatic carbocycles. The van der Waals surface area contributed by atoms with Crippen LogP contribution in [0.1, 0.15) is 5.56 Å². The highest BCUT2D eigenvalue weighted by molar-refractivity contribution is 7.13. The van der Waals surface area contributed by atoms with Crippen molar-refractivity contribution < 1.29 is 5.11 Å². The van der Waals surface area contributed by atoms with Crippen molar-refractivity contribution in [3.05, 3.63) is 53.1 Å². The van der Waals surface area contributed by atoms with Crippen LogP contribution in [-0.4, -0.2) is 52.1 Å². The summed E-state index contributed by atoms with van der Waals surface area (Å²) in [5.41, 5.74) is 1.86. The number of halogens is 1. The molecule has 144 valence electrons. The second-order valence-corrected chi connectivity index (χ2v) is 8.46. The first-order valence-corrected chi connectivity index (χ1v) is 10.6. The fourth-order valence-electron chi connectivity index (χ4n) is 4.02. The molecule has 5 rings (SSSR count). The zero-order valence-electron chi connectivity index (χ0n) is 15.4. The van der Waals surface area contributed by atoms with Gasteiger partial charge in [0.05, 0.1) is 10.2 Å². The van der Waals surface area contributed by atoms with E-state index in [1.165, 1.54) is 10.1 Å². The lowest BCUT2D eigenvalue weighted by molar-refractivity contribution is 0.260. The molecule has 0 atom stereocenters. The first-order chi connectivity index (χ1) is 13.7. The topological polar surface area (TPSA) is 55.4 Å². The lowest BCUT2D eigenvalue weighted by Gasteiger charge is -2.35. The highest BCUT2D eigenvalue weighted by atomic mass is 35.5. The van der Waals surface area contributed by atoms with Crippen LogP contribution in [0.25, 0.3) is 21.0 Å². The number of hydrogen-bond donors (Lipinski definition) is 2. The van der Waals surface area contributed by atoms with Crippen LogP contribution in [0.2, 0.25) is 5.02 Å². The Kier molecular flexibility index (Phi) is 4.62. The summed E-state index contributed by atoms with van der Waals surface area (Å²) >= 11 is 7.63. The highest BCUT2D eigenvalue weighted by Crippen LogP contribution is 2.31. The van der Waals surface area contributed by atoms with Crippen LogP contribution < -0.4 is 4.90 Å². The number of H-pyrrole nitrogens is 1. The van der Waals surface area contributed by atoms with E-state index in [1.807, 2.05) is 18.2 Å². The van der Waals surface area contributed by atoms with Gasteiger partial charge in [-0.3, -0.25) is 4.90 Å². The number of aromatic nitrogens is 2. The number of hydrogen-bond acceptors (Lipinski definition) is 5. The smallest absolute Gasteiger partial charge is 0.192 e. The maximum Gasteiger partial charge on any atom is 0.192 e. The van der Waals surface area contributed by atoms with Gasteiger partial charge in [0, 0.05) is 54.1 Å². The Morgan fingerprint density at radius 1 is 1.07 bits per heavy atom. The van der Waals surface area contributed by atoms with Crippen molar-refractivity contribution in [1.82, 2.24) is 14.3 Å². The number of anilines is 1. The van der Waals surface area contributed by atoms with Crippen molar-refractivity contribution in [2.45, 2.75) is 6.42 Å². The van der Waals surface area contributed by atoms with Crippen molar-refractivity contribution in [1.29, 1.82) is 0 Å². The summed E-state index contributed by atoms with van der Waals surface area (Å²) in [5, 5.41) is 13.3. The number of piperazine rings is 1. The van der Waals surface area contributed by atoms with Crippen LogP contribution >= 0.6 is 23.1 Å². The molecule has 0 amide bonds. The van der Waals surface area contributed by atoms with Crippen LogP contribution in [0.3, 0.4) is 0 Å². The largest absolute Gasteiger partial charge is 0.494 e. The second-order valence-electron chi connectivity index (χ2n) is 7.22. The van der Waals surface area contributed by atoms with E-state index < -0.39 is 0 Å². The van der Waals surface area contributed by atoms with Gasteiger partial charge < -0.3 is 15.0 Å². The summed E-state index contributed by atoms with van der Waals surface area (Å²) in [7, 11) is 0. The molecule has 1 saturated heterocycles. The predicted molar refractivity (Wildman–Crippen MR) is 117 cm³/mol. The molecule has 5 nitrogen and oxygen atoms in total. The Morgan fingerprint density at radius 3 is 2.75 bits per heavy atom. The fraction of sp³-hybridized carbons (Fsp3) is 0.286. The van der Waals surface area contributed by atoms with E-state index in [-0.39, 0.29) is 5.88 Å². The third kappa shape index (κ3) is 3.21. The lowest BCUT2D eigenvalue weighted by atomic mass is 10.1. The summed E-state index contributed by atoms with van der Waals surface area (Å²) in [6.07, 6.45) is 0.813. The molecular weight excluding hydrogens is 392 g/mol. The second kappa shape index (κ2) is 7.28. The third-order valence-corrected chi connectivity index (χ3v) is 6.61. The van der Waals surface area contributed by atoms with E-state index in [0.29, 0.717) is 5.02 Å². The Morgan fingerprint density at radius 2 is 1.89 bits per heavy atom.